The van der Waals surface area contributed by atoms with Gasteiger partial charge in [-0.1, -0.05) is 41.0 Å². The van der Waals surface area contributed by atoms with Crippen molar-refractivity contribution in [2.45, 2.75) is 136 Å². The average Bonchev–Trinajstić information content (AvgIpc) is 3.30. The minimum absolute atomic E-state index is 0.0355. The fourth-order valence-corrected chi connectivity index (χ4v) is 10.9. The van der Waals surface area contributed by atoms with Crippen molar-refractivity contribution in [3.05, 3.63) is 0 Å². The summed E-state index contributed by atoms with van der Waals surface area (Å²) in [5, 5.41) is 0. The lowest BCUT2D eigenvalue weighted by Gasteiger charge is -2.61. The number of hydrogen-bond donors (Lipinski definition) is 0. The van der Waals surface area contributed by atoms with Gasteiger partial charge in [-0.25, -0.2) is 0 Å². The lowest BCUT2D eigenvalue weighted by atomic mass is 9.44. The smallest absolute Gasteiger partial charge is 0.306 e. The molecule has 0 amide bonds. The van der Waals surface area contributed by atoms with Gasteiger partial charge in [-0.2, -0.15) is 0 Å². The fraction of sp³-hybridized carbons (Fsp3) is 0.969. The van der Waals surface area contributed by atoms with Crippen LogP contribution in [0.15, 0.2) is 0 Å². The van der Waals surface area contributed by atoms with Gasteiger partial charge in [0.15, 0.2) is 5.79 Å². The van der Waals surface area contributed by atoms with Crippen molar-refractivity contribution in [2.24, 2.45) is 52.3 Å². The van der Waals surface area contributed by atoms with Crippen LogP contribution < -0.4 is 0 Å². The Balaban J connectivity index is 1.15. The van der Waals surface area contributed by atoms with Crippen molar-refractivity contribution in [1.29, 1.82) is 0 Å². The molecular formula is C32H52O4. The largest absolute Gasteiger partial charge is 0.462 e. The van der Waals surface area contributed by atoms with Crippen molar-refractivity contribution < 1.29 is 19.0 Å². The standard InChI is InChI=1S/C32H52O4/c1-6-7-8-28(33)35-23-12-14-30(4)22(17-23)9-10-24-25(30)13-15-31(5)26(24)18-27-29(31)21(3)32(36-27)16-11-20(2)19-34-32/h20-27,29H,6-19H2,1-5H3/t20-,21+,22?,23-,24-,25?,26?,27+,29+,30+,31+,32-/m1/s1. The summed E-state index contributed by atoms with van der Waals surface area (Å²) in [5.74, 6) is 4.76. The van der Waals surface area contributed by atoms with Crippen LogP contribution in [0.25, 0.3) is 0 Å². The Hall–Kier alpha value is -0.610. The quantitative estimate of drug-likeness (QED) is 0.374. The third-order valence-electron chi connectivity index (χ3n) is 12.9. The molecule has 2 aliphatic heterocycles. The van der Waals surface area contributed by atoms with Crippen molar-refractivity contribution in [3.8, 4) is 0 Å². The number of carbonyl (C=O) groups excluding carboxylic acids is 1. The molecule has 4 nitrogen and oxygen atoms in total. The number of esters is 1. The fourth-order valence-electron chi connectivity index (χ4n) is 10.9. The van der Waals surface area contributed by atoms with E-state index in [0.29, 0.717) is 41.1 Å². The molecule has 0 bridgehead atoms. The summed E-state index contributed by atoms with van der Waals surface area (Å²) >= 11 is 0. The van der Waals surface area contributed by atoms with E-state index in [1.54, 1.807) is 0 Å². The van der Waals surface area contributed by atoms with Gasteiger partial charge in [-0.3, -0.25) is 4.79 Å². The van der Waals surface area contributed by atoms with E-state index in [4.69, 9.17) is 14.2 Å². The van der Waals surface area contributed by atoms with Gasteiger partial charge in [0.25, 0.3) is 0 Å². The van der Waals surface area contributed by atoms with Gasteiger partial charge in [0.05, 0.1) is 12.7 Å². The van der Waals surface area contributed by atoms with Crippen LogP contribution in [0, 0.1) is 52.3 Å². The molecule has 1 spiro atoms. The molecule has 0 N–H and O–H groups in total. The van der Waals surface area contributed by atoms with E-state index >= 15 is 0 Å². The van der Waals surface area contributed by atoms with Crippen LogP contribution in [0.2, 0.25) is 0 Å². The molecule has 4 heteroatoms. The summed E-state index contributed by atoms with van der Waals surface area (Å²) in [5.41, 5.74) is 0.820. The van der Waals surface area contributed by atoms with E-state index < -0.39 is 0 Å². The Bertz CT molecular complexity index is 832. The van der Waals surface area contributed by atoms with Crippen molar-refractivity contribution in [2.75, 3.05) is 6.61 Å². The topological polar surface area (TPSA) is 44.8 Å². The number of rotatable bonds is 4. The van der Waals surface area contributed by atoms with Crippen LogP contribution >= 0.6 is 0 Å². The van der Waals surface area contributed by atoms with Crippen LogP contribution in [0.3, 0.4) is 0 Å². The SMILES string of the molecule is CCCCC(=O)O[C@@H]1CC[C@@]2(C)C(CC[C@@H]3C2CC[C@@]2(C)C3C[C@@H]3O[C@]4(CC[C@@H](C)CO4)[C@@H](C)[C@@H]32)C1. The molecule has 3 unspecified atom stereocenters. The first-order valence-electron chi connectivity index (χ1n) is 15.7. The molecule has 0 aromatic heterocycles. The Labute approximate surface area is 220 Å². The zero-order valence-corrected chi connectivity index (χ0v) is 23.7. The molecule has 6 aliphatic rings. The average molecular weight is 501 g/mol. The Kier molecular flexibility index (Phi) is 6.59. The highest BCUT2D eigenvalue weighted by atomic mass is 16.7. The molecular weight excluding hydrogens is 448 g/mol. The van der Waals surface area contributed by atoms with Crippen molar-refractivity contribution in [3.63, 3.8) is 0 Å². The van der Waals surface area contributed by atoms with Crippen LogP contribution in [-0.2, 0) is 19.0 Å². The third-order valence-corrected chi connectivity index (χ3v) is 12.9. The summed E-state index contributed by atoms with van der Waals surface area (Å²) in [6, 6.07) is 0. The number of fused-ring (bicyclic) bond motifs is 7. The van der Waals surface area contributed by atoms with E-state index in [1.165, 1.54) is 44.9 Å². The second-order valence-corrected chi connectivity index (χ2v) is 14.7. The summed E-state index contributed by atoms with van der Waals surface area (Å²) in [6.07, 6.45) is 15.6. The summed E-state index contributed by atoms with van der Waals surface area (Å²) < 4.78 is 19.4. The number of carbonyl (C=O) groups is 1. The normalized spacial score (nSPS) is 53.9. The molecule has 12 atom stereocenters. The van der Waals surface area contributed by atoms with Gasteiger partial charge in [-0.15, -0.1) is 0 Å². The van der Waals surface area contributed by atoms with E-state index in [0.717, 1.165) is 62.4 Å². The minimum Gasteiger partial charge on any atom is -0.462 e. The molecule has 204 valence electrons. The van der Waals surface area contributed by atoms with Gasteiger partial charge >= 0.3 is 5.97 Å². The maximum Gasteiger partial charge on any atom is 0.306 e. The maximum atomic E-state index is 12.3. The first-order valence-corrected chi connectivity index (χ1v) is 15.7. The monoisotopic (exact) mass is 500 g/mol. The Morgan fingerprint density at radius 1 is 0.944 bits per heavy atom. The molecule has 0 aromatic carbocycles. The first-order chi connectivity index (χ1) is 17.2. The Morgan fingerprint density at radius 2 is 1.75 bits per heavy atom. The van der Waals surface area contributed by atoms with E-state index in [-0.39, 0.29) is 17.9 Å². The number of hydrogen-bond acceptors (Lipinski definition) is 4. The second kappa shape index (κ2) is 9.25. The predicted octanol–water partition coefficient (Wildman–Crippen LogP) is 7.53. The molecule has 2 saturated heterocycles. The Morgan fingerprint density at radius 3 is 2.50 bits per heavy atom. The lowest BCUT2D eigenvalue weighted by Crippen LogP contribution is -2.55. The molecule has 0 radical (unpaired) electrons. The first kappa shape index (κ1) is 25.7. The van der Waals surface area contributed by atoms with Crippen LogP contribution in [-0.4, -0.2) is 30.6 Å². The summed E-state index contributed by atoms with van der Waals surface area (Å²) in [6.45, 7) is 13.0. The maximum absolute atomic E-state index is 12.3. The molecule has 0 aromatic rings. The number of unbranched alkanes of at least 4 members (excludes halogenated alkanes) is 1. The van der Waals surface area contributed by atoms with Gasteiger partial charge in [0, 0.05) is 18.8 Å². The van der Waals surface area contributed by atoms with E-state index in [9.17, 15) is 4.79 Å². The van der Waals surface area contributed by atoms with Gasteiger partial charge < -0.3 is 14.2 Å². The molecule has 2 heterocycles. The minimum atomic E-state index is -0.302. The second-order valence-electron chi connectivity index (χ2n) is 14.7. The highest BCUT2D eigenvalue weighted by Crippen LogP contribution is 2.71. The highest BCUT2D eigenvalue weighted by molar-refractivity contribution is 5.69. The molecule has 6 fully saturated rings. The molecule has 4 aliphatic carbocycles. The number of ether oxygens (including phenoxy) is 3. The van der Waals surface area contributed by atoms with Crippen LogP contribution in [0.5, 0.6) is 0 Å². The predicted molar refractivity (Wildman–Crippen MR) is 141 cm³/mol. The summed E-state index contributed by atoms with van der Waals surface area (Å²) in [7, 11) is 0. The molecule has 36 heavy (non-hydrogen) atoms. The lowest BCUT2D eigenvalue weighted by molar-refractivity contribution is -0.273. The van der Waals surface area contributed by atoms with Crippen molar-refractivity contribution in [1.82, 2.24) is 0 Å². The van der Waals surface area contributed by atoms with Gasteiger partial charge in [-0.05, 0) is 111 Å². The van der Waals surface area contributed by atoms with Crippen LogP contribution in [0.1, 0.15) is 118 Å². The zero-order valence-electron chi connectivity index (χ0n) is 23.7. The molecule has 4 saturated carbocycles. The zero-order chi connectivity index (χ0) is 25.3. The van der Waals surface area contributed by atoms with Crippen LogP contribution in [0.4, 0.5) is 0 Å². The molecule has 6 rings (SSSR count). The summed E-state index contributed by atoms with van der Waals surface area (Å²) in [4.78, 5) is 12.3. The van der Waals surface area contributed by atoms with Crippen molar-refractivity contribution >= 4 is 5.97 Å². The highest BCUT2D eigenvalue weighted by Gasteiger charge is 2.69. The van der Waals surface area contributed by atoms with E-state index in [2.05, 4.69) is 34.6 Å². The van der Waals surface area contributed by atoms with Gasteiger partial charge in [0.1, 0.15) is 6.10 Å². The van der Waals surface area contributed by atoms with Gasteiger partial charge in [0.2, 0.25) is 0 Å². The third kappa shape index (κ3) is 3.85. The van der Waals surface area contributed by atoms with E-state index in [1.807, 2.05) is 0 Å².